The van der Waals surface area contributed by atoms with Gasteiger partial charge in [-0.15, -0.1) is 0 Å². The summed E-state index contributed by atoms with van der Waals surface area (Å²) in [5, 5.41) is 14.9. The van der Waals surface area contributed by atoms with Crippen LogP contribution in [0.1, 0.15) is 36.8 Å². The summed E-state index contributed by atoms with van der Waals surface area (Å²) in [5.74, 6) is 0.425. The van der Waals surface area contributed by atoms with Gasteiger partial charge in [-0.3, -0.25) is 14.7 Å². The Kier molecular flexibility index (Phi) is 4.65. The molecule has 0 atom stereocenters. The lowest BCUT2D eigenvalue weighted by Gasteiger charge is -2.12. The molecule has 7 heteroatoms. The molecule has 130 valence electrons. The zero-order valence-electron chi connectivity index (χ0n) is 14.5. The fourth-order valence-corrected chi connectivity index (χ4v) is 2.73. The summed E-state index contributed by atoms with van der Waals surface area (Å²) >= 11 is 0. The first-order valence-corrected chi connectivity index (χ1v) is 8.34. The van der Waals surface area contributed by atoms with Gasteiger partial charge in [-0.25, -0.2) is 4.68 Å². The Morgan fingerprint density at radius 3 is 2.68 bits per heavy atom. The predicted molar refractivity (Wildman–Crippen MR) is 96.8 cm³/mol. The molecule has 1 aromatic carbocycles. The van der Waals surface area contributed by atoms with Gasteiger partial charge in [0.05, 0.1) is 11.6 Å². The fourth-order valence-electron chi connectivity index (χ4n) is 2.73. The van der Waals surface area contributed by atoms with Gasteiger partial charge >= 0.3 is 0 Å². The number of rotatable bonds is 5. The summed E-state index contributed by atoms with van der Waals surface area (Å²) in [4.78, 5) is 25.4. The topological polar surface area (TPSA) is 92.7 Å². The summed E-state index contributed by atoms with van der Waals surface area (Å²) in [6, 6.07) is 7.04. The van der Waals surface area contributed by atoms with Gasteiger partial charge < -0.3 is 5.32 Å². The highest BCUT2D eigenvalue weighted by atomic mass is 16.2. The molecule has 3 aromatic rings. The standard InChI is InChI=1S/C18H21N5O2/c1-4-12-9-19-21-16(12)20-17(24)15-13-7-5-6-8-14(13)18(25)23(22-15)10-11(2)3/h5-9,11H,4,10H2,1-3H3,(H2,19,20,21,24). The molecule has 1 amide bonds. The van der Waals surface area contributed by atoms with Crippen LogP contribution in [0.4, 0.5) is 5.82 Å². The highest BCUT2D eigenvalue weighted by Crippen LogP contribution is 2.17. The zero-order valence-corrected chi connectivity index (χ0v) is 14.5. The maximum Gasteiger partial charge on any atom is 0.277 e. The third kappa shape index (κ3) is 3.31. The number of carbonyl (C=O) groups is 1. The van der Waals surface area contributed by atoms with Crippen molar-refractivity contribution >= 4 is 22.5 Å². The van der Waals surface area contributed by atoms with Crippen molar-refractivity contribution in [2.75, 3.05) is 5.32 Å². The minimum atomic E-state index is -0.368. The lowest BCUT2D eigenvalue weighted by molar-refractivity contribution is 0.102. The van der Waals surface area contributed by atoms with E-state index in [9.17, 15) is 9.59 Å². The normalized spacial score (nSPS) is 11.2. The number of H-pyrrole nitrogens is 1. The number of hydrogen-bond donors (Lipinski definition) is 2. The van der Waals surface area contributed by atoms with Gasteiger partial charge in [0.1, 0.15) is 5.82 Å². The Bertz CT molecular complexity index is 971. The molecule has 0 aliphatic heterocycles. The Balaban J connectivity index is 2.09. The number of carbonyl (C=O) groups excluding carboxylic acids is 1. The van der Waals surface area contributed by atoms with Crippen LogP contribution in [0, 0.1) is 5.92 Å². The largest absolute Gasteiger partial charge is 0.305 e. The molecular weight excluding hydrogens is 318 g/mol. The molecule has 0 aliphatic carbocycles. The first-order chi connectivity index (χ1) is 12.0. The molecule has 3 rings (SSSR count). The van der Waals surface area contributed by atoms with E-state index in [2.05, 4.69) is 20.6 Å². The van der Waals surface area contributed by atoms with Gasteiger partial charge in [-0.2, -0.15) is 10.2 Å². The summed E-state index contributed by atoms with van der Waals surface area (Å²) in [6.07, 6.45) is 2.42. The minimum Gasteiger partial charge on any atom is -0.305 e. The van der Waals surface area contributed by atoms with Gasteiger partial charge in [0.2, 0.25) is 0 Å². The number of benzene rings is 1. The Morgan fingerprint density at radius 2 is 2.00 bits per heavy atom. The van der Waals surface area contributed by atoms with Crippen molar-refractivity contribution in [1.29, 1.82) is 0 Å². The molecule has 0 saturated carbocycles. The van der Waals surface area contributed by atoms with E-state index in [-0.39, 0.29) is 23.1 Å². The van der Waals surface area contributed by atoms with E-state index in [0.29, 0.717) is 23.1 Å². The van der Waals surface area contributed by atoms with Crippen LogP contribution in [-0.4, -0.2) is 25.9 Å². The predicted octanol–water partition coefficient (Wildman–Crippen LogP) is 2.59. The molecule has 2 heterocycles. The van der Waals surface area contributed by atoms with Crippen LogP contribution in [0.25, 0.3) is 10.8 Å². The number of nitrogens with one attached hydrogen (secondary N) is 2. The molecule has 0 unspecified atom stereocenters. The van der Waals surface area contributed by atoms with Gasteiger partial charge in [-0.1, -0.05) is 39.0 Å². The lowest BCUT2D eigenvalue weighted by Crippen LogP contribution is -2.29. The highest BCUT2D eigenvalue weighted by molar-refractivity contribution is 6.10. The number of aromatic amines is 1. The summed E-state index contributed by atoms with van der Waals surface area (Å²) < 4.78 is 1.37. The average molecular weight is 339 g/mol. The van der Waals surface area contributed by atoms with E-state index in [1.807, 2.05) is 20.8 Å². The van der Waals surface area contributed by atoms with E-state index in [1.165, 1.54) is 4.68 Å². The Morgan fingerprint density at radius 1 is 1.28 bits per heavy atom. The molecule has 0 fully saturated rings. The van der Waals surface area contributed by atoms with Crippen molar-refractivity contribution in [3.8, 4) is 0 Å². The third-order valence-corrected chi connectivity index (χ3v) is 3.96. The first-order valence-electron chi connectivity index (χ1n) is 8.34. The van der Waals surface area contributed by atoms with Crippen LogP contribution in [0.2, 0.25) is 0 Å². The maximum atomic E-state index is 12.8. The van der Waals surface area contributed by atoms with Gasteiger partial charge in [0.15, 0.2) is 5.69 Å². The van der Waals surface area contributed by atoms with Crippen LogP contribution in [0.5, 0.6) is 0 Å². The van der Waals surface area contributed by atoms with E-state index in [4.69, 9.17) is 0 Å². The van der Waals surface area contributed by atoms with E-state index < -0.39 is 0 Å². The van der Waals surface area contributed by atoms with Crippen molar-refractivity contribution in [3.05, 3.63) is 52.1 Å². The average Bonchev–Trinajstić information content (AvgIpc) is 3.04. The van der Waals surface area contributed by atoms with Crippen LogP contribution >= 0.6 is 0 Å². The van der Waals surface area contributed by atoms with Crippen molar-refractivity contribution in [3.63, 3.8) is 0 Å². The van der Waals surface area contributed by atoms with Crippen molar-refractivity contribution < 1.29 is 4.79 Å². The molecule has 0 spiro atoms. The molecule has 2 N–H and O–H groups in total. The van der Waals surface area contributed by atoms with Gasteiger partial charge in [0, 0.05) is 17.5 Å². The maximum absolute atomic E-state index is 12.8. The van der Waals surface area contributed by atoms with Crippen molar-refractivity contribution in [2.24, 2.45) is 5.92 Å². The van der Waals surface area contributed by atoms with Gasteiger partial charge in [-0.05, 0) is 18.4 Å². The smallest absolute Gasteiger partial charge is 0.277 e. The second-order valence-corrected chi connectivity index (χ2v) is 6.35. The number of hydrogen-bond acceptors (Lipinski definition) is 4. The number of nitrogens with zero attached hydrogens (tertiary/aromatic N) is 3. The second-order valence-electron chi connectivity index (χ2n) is 6.35. The van der Waals surface area contributed by atoms with Crippen LogP contribution in [-0.2, 0) is 13.0 Å². The number of aryl methyl sites for hydroxylation is 1. The minimum absolute atomic E-state index is 0.184. The van der Waals surface area contributed by atoms with Crippen LogP contribution in [0.15, 0.2) is 35.3 Å². The van der Waals surface area contributed by atoms with Gasteiger partial charge in [0.25, 0.3) is 11.5 Å². The highest BCUT2D eigenvalue weighted by Gasteiger charge is 2.18. The first kappa shape index (κ1) is 16.9. The number of anilines is 1. The molecular formula is C18H21N5O2. The van der Waals surface area contributed by atoms with Crippen molar-refractivity contribution in [1.82, 2.24) is 20.0 Å². The van der Waals surface area contributed by atoms with Crippen molar-refractivity contribution in [2.45, 2.75) is 33.7 Å². The Labute approximate surface area is 145 Å². The number of fused-ring (bicyclic) bond motifs is 1. The molecule has 0 saturated heterocycles. The summed E-state index contributed by atoms with van der Waals surface area (Å²) in [5.41, 5.74) is 0.956. The number of amides is 1. The molecule has 2 aromatic heterocycles. The molecule has 25 heavy (non-hydrogen) atoms. The van der Waals surface area contributed by atoms with Crippen LogP contribution < -0.4 is 10.9 Å². The molecule has 0 bridgehead atoms. The third-order valence-electron chi connectivity index (χ3n) is 3.96. The van der Waals surface area contributed by atoms with E-state index in [0.717, 1.165) is 12.0 Å². The van der Waals surface area contributed by atoms with E-state index in [1.54, 1.807) is 30.5 Å². The quantitative estimate of drug-likeness (QED) is 0.747. The SMILES string of the molecule is CCc1cn[nH]c1NC(=O)c1nn(CC(C)C)c(=O)c2ccccc12. The summed E-state index contributed by atoms with van der Waals surface area (Å²) in [7, 11) is 0. The number of aromatic nitrogens is 4. The fraction of sp³-hybridized carbons (Fsp3) is 0.333. The monoisotopic (exact) mass is 339 g/mol. The molecule has 0 radical (unpaired) electrons. The summed E-state index contributed by atoms with van der Waals surface area (Å²) in [6.45, 7) is 6.44. The van der Waals surface area contributed by atoms with Crippen LogP contribution in [0.3, 0.4) is 0 Å². The van der Waals surface area contributed by atoms with E-state index >= 15 is 0 Å². The second kappa shape index (κ2) is 6.88. The zero-order chi connectivity index (χ0) is 18.0. The molecule has 0 aliphatic rings. The molecule has 7 nitrogen and oxygen atoms in total. The lowest BCUT2D eigenvalue weighted by atomic mass is 10.1. The Hall–Kier alpha value is -2.96.